The fraction of sp³-hybridized carbons (Fsp3) is 0.0476. The molecule has 29 heavy (non-hydrogen) atoms. The zero-order valence-electron chi connectivity index (χ0n) is 15.5. The summed E-state index contributed by atoms with van der Waals surface area (Å²) < 4.78 is 52.9. The highest BCUT2D eigenvalue weighted by molar-refractivity contribution is 8.04. The summed E-state index contributed by atoms with van der Waals surface area (Å²) in [5.74, 6) is 0. The molecule has 0 fully saturated rings. The van der Waals surface area contributed by atoms with Crippen LogP contribution in [0.2, 0.25) is 0 Å². The average Bonchev–Trinajstić information content (AvgIpc) is 2.73. The fourth-order valence-electron chi connectivity index (χ4n) is 2.46. The van der Waals surface area contributed by atoms with Crippen LogP contribution in [0.5, 0.6) is 0 Å². The van der Waals surface area contributed by atoms with Crippen LogP contribution in [0.1, 0.15) is 5.56 Å². The molecule has 0 heterocycles. The normalized spacial score (nSPS) is 12.2. The van der Waals surface area contributed by atoms with E-state index < -0.39 is 20.0 Å². The highest BCUT2D eigenvalue weighted by Gasteiger charge is 2.33. The van der Waals surface area contributed by atoms with E-state index in [4.69, 9.17) is 0 Å². The van der Waals surface area contributed by atoms with Crippen molar-refractivity contribution in [2.75, 3.05) is 0 Å². The summed E-state index contributed by atoms with van der Waals surface area (Å²) >= 11 is 1.23. The first-order valence-corrected chi connectivity index (χ1v) is 12.4. The second-order valence-electron chi connectivity index (χ2n) is 6.08. The fourth-order valence-corrected chi connectivity index (χ4v) is 6.65. The first-order chi connectivity index (χ1) is 13.8. The van der Waals surface area contributed by atoms with Crippen LogP contribution in [0.3, 0.4) is 0 Å². The maximum Gasteiger partial charge on any atom is 0.277 e. The van der Waals surface area contributed by atoms with Gasteiger partial charge in [0.15, 0.2) is 0 Å². The quantitative estimate of drug-likeness (QED) is 0.496. The van der Waals surface area contributed by atoms with Gasteiger partial charge < -0.3 is 0 Å². The summed E-state index contributed by atoms with van der Waals surface area (Å²) in [5.41, 5.74) is 1.10. The molecule has 0 radical (unpaired) electrons. The molecule has 0 saturated carbocycles. The van der Waals surface area contributed by atoms with Gasteiger partial charge in [0, 0.05) is 11.1 Å². The van der Waals surface area contributed by atoms with Crippen molar-refractivity contribution in [2.24, 2.45) is 0 Å². The zero-order valence-corrected chi connectivity index (χ0v) is 18.0. The lowest BCUT2D eigenvalue weighted by Crippen LogP contribution is -2.32. The largest absolute Gasteiger partial charge is 0.277 e. The van der Waals surface area contributed by atoms with Gasteiger partial charge in [-0.15, -0.1) is 0 Å². The molecule has 0 amide bonds. The molecule has 150 valence electrons. The van der Waals surface area contributed by atoms with Crippen LogP contribution in [0.4, 0.5) is 0 Å². The first kappa shape index (κ1) is 21.2. The minimum Gasteiger partial charge on any atom is -0.200 e. The van der Waals surface area contributed by atoms with E-state index in [0.29, 0.717) is 3.71 Å². The summed E-state index contributed by atoms with van der Waals surface area (Å²) in [7, 11) is -8.65. The second-order valence-corrected chi connectivity index (χ2v) is 10.9. The molecular formula is C21H19NO4S3. The maximum atomic E-state index is 13.1. The molecule has 3 rings (SSSR count). The van der Waals surface area contributed by atoms with Crippen LogP contribution in [0, 0.1) is 6.92 Å². The summed E-state index contributed by atoms with van der Waals surface area (Å²) in [5, 5.41) is 1.45. The third-order valence-corrected chi connectivity index (χ3v) is 8.87. The van der Waals surface area contributed by atoms with Gasteiger partial charge in [0.05, 0.1) is 9.79 Å². The minimum absolute atomic E-state index is 0.107. The van der Waals surface area contributed by atoms with E-state index in [1.165, 1.54) is 41.4 Å². The van der Waals surface area contributed by atoms with Crippen molar-refractivity contribution in [1.82, 2.24) is 3.71 Å². The van der Waals surface area contributed by atoms with Crippen molar-refractivity contribution in [2.45, 2.75) is 21.6 Å². The number of nitrogens with zero attached hydrogens (tertiary/aromatic N) is 1. The number of sulfonamides is 2. The van der Waals surface area contributed by atoms with Crippen molar-refractivity contribution in [3.8, 4) is 0 Å². The third-order valence-electron chi connectivity index (χ3n) is 3.96. The molecule has 0 atom stereocenters. The Morgan fingerprint density at radius 1 is 0.690 bits per heavy atom. The molecule has 0 spiro atoms. The molecule has 3 aromatic carbocycles. The van der Waals surface area contributed by atoms with Gasteiger partial charge in [-0.2, -0.15) is 3.71 Å². The van der Waals surface area contributed by atoms with Gasteiger partial charge in [0.1, 0.15) is 0 Å². The predicted molar refractivity (Wildman–Crippen MR) is 115 cm³/mol. The Morgan fingerprint density at radius 3 is 1.59 bits per heavy atom. The lowest BCUT2D eigenvalue weighted by atomic mass is 10.2. The van der Waals surface area contributed by atoms with Gasteiger partial charge in [0.2, 0.25) is 0 Å². The maximum absolute atomic E-state index is 13.1. The Bertz CT molecular complexity index is 1120. The van der Waals surface area contributed by atoms with Crippen molar-refractivity contribution < 1.29 is 16.8 Å². The number of benzene rings is 3. The standard InChI is InChI=1S/C21H19NO4S3/c1-18-12-14-19(15-13-18)27-17-16-22(28(23,24)20-8-4-2-5-9-20)29(25,26)21-10-6-3-7-11-21/h2-17H,1H3/b17-16-. The summed E-state index contributed by atoms with van der Waals surface area (Å²) in [6.45, 7) is 1.96. The van der Waals surface area contributed by atoms with E-state index in [1.807, 2.05) is 31.2 Å². The van der Waals surface area contributed by atoms with Gasteiger partial charge >= 0.3 is 0 Å². The lowest BCUT2D eigenvalue weighted by molar-refractivity contribution is 0.537. The van der Waals surface area contributed by atoms with Gasteiger partial charge in [-0.3, -0.25) is 0 Å². The van der Waals surface area contributed by atoms with Crippen molar-refractivity contribution in [3.05, 3.63) is 102 Å². The molecule has 0 aliphatic heterocycles. The molecule has 3 aromatic rings. The van der Waals surface area contributed by atoms with Crippen molar-refractivity contribution in [1.29, 1.82) is 0 Å². The molecule has 8 heteroatoms. The SMILES string of the molecule is Cc1ccc(S/C=C\N(S(=O)(=O)c2ccccc2)S(=O)(=O)c2ccccc2)cc1. The number of aryl methyl sites for hydroxylation is 1. The monoisotopic (exact) mass is 445 g/mol. The van der Waals surface area contributed by atoms with E-state index in [9.17, 15) is 16.8 Å². The van der Waals surface area contributed by atoms with E-state index >= 15 is 0 Å². The smallest absolute Gasteiger partial charge is 0.200 e. The Kier molecular flexibility index (Phi) is 6.46. The third kappa shape index (κ3) is 4.90. The second kappa shape index (κ2) is 8.86. The zero-order chi connectivity index (χ0) is 20.9. The number of thioether (sulfide) groups is 1. The number of hydrogen-bond donors (Lipinski definition) is 0. The van der Waals surface area contributed by atoms with Gasteiger partial charge in [-0.05, 0) is 48.7 Å². The number of rotatable bonds is 7. The van der Waals surface area contributed by atoms with Crippen LogP contribution < -0.4 is 0 Å². The van der Waals surface area contributed by atoms with Gasteiger partial charge in [-0.1, -0.05) is 65.9 Å². The first-order valence-electron chi connectivity index (χ1n) is 8.61. The van der Waals surface area contributed by atoms with Crippen LogP contribution >= 0.6 is 11.8 Å². The molecule has 0 saturated heterocycles. The molecule has 5 nitrogen and oxygen atoms in total. The average molecular weight is 446 g/mol. The number of hydrogen-bond acceptors (Lipinski definition) is 5. The topological polar surface area (TPSA) is 71.5 Å². The van der Waals surface area contributed by atoms with E-state index in [-0.39, 0.29) is 9.79 Å². The van der Waals surface area contributed by atoms with Crippen LogP contribution in [-0.2, 0) is 20.0 Å². The summed E-state index contributed by atoms with van der Waals surface area (Å²) in [6.07, 6.45) is 1.08. The van der Waals surface area contributed by atoms with E-state index in [2.05, 4.69) is 0 Å². The molecule has 0 aliphatic rings. The van der Waals surface area contributed by atoms with Gasteiger partial charge in [0.25, 0.3) is 20.0 Å². The highest BCUT2D eigenvalue weighted by Crippen LogP contribution is 2.27. The minimum atomic E-state index is -4.32. The van der Waals surface area contributed by atoms with Crippen LogP contribution in [0.25, 0.3) is 0 Å². The molecule has 0 N–H and O–H groups in total. The van der Waals surface area contributed by atoms with Crippen molar-refractivity contribution in [3.63, 3.8) is 0 Å². The summed E-state index contributed by atoms with van der Waals surface area (Å²) in [4.78, 5) is 0.648. The Labute approximate surface area is 175 Å². The van der Waals surface area contributed by atoms with E-state index in [0.717, 1.165) is 16.7 Å². The molecular weight excluding hydrogens is 426 g/mol. The van der Waals surface area contributed by atoms with E-state index in [1.54, 1.807) is 36.4 Å². The molecule has 0 aliphatic carbocycles. The predicted octanol–water partition coefficient (Wildman–Crippen LogP) is 4.64. The Balaban J connectivity index is 2.02. The molecule has 0 unspecified atom stereocenters. The van der Waals surface area contributed by atoms with Gasteiger partial charge in [-0.25, -0.2) is 16.8 Å². The highest BCUT2D eigenvalue weighted by atomic mass is 32.3. The van der Waals surface area contributed by atoms with Crippen LogP contribution in [0.15, 0.2) is 111 Å². The van der Waals surface area contributed by atoms with Crippen molar-refractivity contribution >= 4 is 31.8 Å². The Morgan fingerprint density at radius 2 is 1.14 bits per heavy atom. The molecule has 0 aromatic heterocycles. The Hall–Kier alpha value is -2.55. The molecule has 0 bridgehead atoms. The van der Waals surface area contributed by atoms with Crippen LogP contribution in [-0.4, -0.2) is 20.5 Å². The lowest BCUT2D eigenvalue weighted by Gasteiger charge is -2.20. The summed E-state index contributed by atoms with van der Waals surface area (Å²) in [6, 6.07) is 22.6.